The van der Waals surface area contributed by atoms with Crippen LogP contribution in [0.4, 0.5) is 5.00 Å². The van der Waals surface area contributed by atoms with Crippen molar-refractivity contribution in [3.63, 3.8) is 0 Å². The third-order valence-electron chi connectivity index (χ3n) is 3.37. The van der Waals surface area contributed by atoms with Crippen LogP contribution in [0.3, 0.4) is 0 Å². The van der Waals surface area contributed by atoms with Crippen molar-refractivity contribution in [2.45, 2.75) is 6.92 Å². The zero-order chi connectivity index (χ0) is 19.3. The number of amides is 1. The molecule has 0 fully saturated rings. The molecule has 0 aliphatic heterocycles. The normalized spacial score (nSPS) is 10.8. The number of ether oxygens (including phenoxy) is 2. The molecular weight excluding hydrogens is 356 g/mol. The van der Waals surface area contributed by atoms with Gasteiger partial charge in [0.05, 0.1) is 19.8 Å². The van der Waals surface area contributed by atoms with Gasteiger partial charge in [0, 0.05) is 4.88 Å². The Bertz CT molecular complexity index is 924. The Labute approximate surface area is 154 Å². The fourth-order valence-electron chi connectivity index (χ4n) is 2.14. The number of esters is 1. The first-order chi connectivity index (χ1) is 12.4. The molecule has 0 bridgehead atoms. The molecule has 0 saturated carbocycles. The van der Waals surface area contributed by atoms with E-state index in [2.05, 4.69) is 5.32 Å². The highest BCUT2D eigenvalue weighted by Gasteiger charge is 2.19. The second-order valence-corrected chi connectivity index (χ2v) is 6.40. The van der Waals surface area contributed by atoms with Gasteiger partial charge < -0.3 is 19.9 Å². The van der Waals surface area contributed by atoms with Gasteiger partial charge in [0.25, 0.3) is 5.91 Å². The molecular formula is C18H16N2O5S. The van der Waals surface area contributed by atoms with Crippen molar-refractivity contribution in [2.24, 2.45) is 0 Å². The van der Waals surface area contributed by atoms with Crippen LogP contribution in [0.15, 0.2) is 29.8 Å². The minimum absolute atomic E-state index is 0.0515. The summed E-state index contributed by atoms with van der Waals surface area (Å²) in [5.41, 5.74) is 0.563. The van der Waals surface area contributed by atoms with Crippen LogP contribution >= 0.6 is 11.3 Å². The van der Waals surface area contributed by atoms with Gasteiger partial charge in [-0.1, -0.05) is 6.07 Å². The zero-order valence-corrected chi connectivity index (χ0v) is 15.1. The Morgan fingerprint density at radius 3 is 2.65 bits per heavy atom. The van der Waals surface area contributed by atoms with E-state index >= 15 is 0 Å². The fourth-order valence-corrected chi connectivity index (χ4v) is 3.03. The number of rotatable bonds is 5. The summed E-state index contributed by atoms with van der Waals surface area (Å²) in [5.74, 6) is -1.07. The lowest BCUT2D eigenvalue weighted by molar-refractivity contribution is -0.112. The number of carbonyl (C=O) groups is 2. The summed E-state index contributed by atoms with van der Waals surface area (Å²) in [4.78, 5) is 25.0. The highest BCUT2D eigenvalue weighted by molar-refractivity contribution is 7.16. The Kier molecular flexibility index (Phi) is 5.98. The molecule has 0 spiro atoms. The highest BCUT2D eigenvalue weighted by Crippen LogP contribution is 2.29. The van der Waals surface area contributed by atoms with Crippen LogP contribution in [0.5, 0.6) is 11.5 Å². The van der Waals surface area contributed by atoms with Crippen LogP contribution in [0, 0.1) is 18.3 Å². The smallest absolute Gasteiger partial charge is 0.340 e. The first-order valence-corrected chi connectivity index (χ1v) is 8.20. The van der Waals surface area contributed by atoms with Gasteiger partial charge in [0.2, 0.25) is 0 Å². The van der Waals surface area contributed by atoms with Crippen molar-refractivity contribution in [2.75, 3.05) is 19.5 Å². The largest absolute Gasteiger partial charge is 0.504 e. The number of aryl methyl sites for hydroxylation is 1. The molecule has 8 heteroatoms. The molecule has 2 N–H and O–H groups in total. The van der Waals surface area contributed by atoms with Crippen LogP contribution in [0.2, 0.25) is 0 Å². The number of nitrogens with zero attached hydrogens (tertiary/aromatic N) is 1. The second kappa shape index (κ2) is 8.18. The van der Waals surface area contributed by atoms with Crippen LogP contribution < -0.4 is 10.1 Å². The number of carbonyl (C=O) groups excluding carboxylic acids is 2. The number of methoxy groups -OCH3 is 2. The molecule has 0 aliphatic rings. The van der Waals surface area contributed by atoms with Crippen LogP contribution in [-0.2, 0) is 9.53 Å². The molecule has 0 saturated heterocycles. The summed E-state index contributed by atoms with van der Waals surface area (Å²) in [6.45, 7) is 1.79. The Morgan fingerprint density at radius 2 is 2.04 bits per heavy atom. The van der Waals surface area contributed by atoms with E-state index in [9.17, 15) is 20.0 Å². The Hall–Kier alpha value is -3.31. The van der Waals surface area contributed by atoms with Crippen LogP contribution in [-0.4, -0.2) is 31.2 Å². The zero-order valence-electron chi connectivity index (χ0n) is 14.3. The molecule has 0 radical (unpaired) electrons. The minimum atomic E-state index is -0.661. The number of anilines is 1. The van der Waals surface area contributed by atoms with Gasteiger partial charge in [-0.25, -0.2) is 4.79 Å². The number of nitrogens with one attached hydrogen (secondary N) is 1. The third kappa shape index (κ3) is 4.20. The predicted octanol–water partition coefficient (Wildman–Crippen LogP) is 3.10. The van der Waals surface area contributed by atoms with E-state index < -0.39 is 11.9 Å². The molecule has 134 valence electrons. The van der Waals surface area contributed by atoms with Crippen LogP contribution in [0.25, 0.3) is 6.08 Å². The number of benzene rings is 1. The van der Waals surface area contributed by atoms with Crippen molar-refractivity contribution in [1.82, 2.24) is 0 Å². The van der Waals surface area contributed by atoms with E-state index in [1.807, 2.05) is 6.07 Å². The van der Waals surface area contributed by atoms with Gasteiger partial charge in [0.1, 0.15) is 16.6 Å². The topological polar surface area (TPSA) is 109 Å². The average Bonchev–Trinajstić information content (AvgIpc) is 3.00. The standard InChI is InChI=1S/C18H16N2O5S/c1-10-6-13(18(23)25-3)17(26-10)20-16(22)12(9-19)7-11-4-5-14(21)15(8-11)24-2/h4-8,21H,1-3H3,(H,20,22). The van der Waals surface area contributed by atoms with Crippen molar-refractivity contribution in [3.8, 4) is 17.6 Å². The lowest BCUT2D eigenvalue weighted by Crippen LogP contribution is -2.15. The molecule has 26 heavy (non-hydrogen) atoms. The van der Waals surface area contributed by atoms with E-state index in [0.717, 1.165) is 4.88 Å². The van der Waals surface area contributed by atoms with Crippen molar-refractivity contribution in [1.29, 1.82) is 5.26 Å². The molecule has 1 amide bonds. The molecule has 2 aromatic rings. The summed E-state index contributed by atoms with van der Waals surface area (Å²) < 4.78 is 9.69. The molecule has 0 atom stereocenters. The third-order valence-corrected chi connectivity index (χ3v) is 4.33. The van der Waals surface area contributed by atoms with Gasteiger partial charge in [-0.05, 0) is 36.8 Å². The summed E-state index contributed by atoms with van der Waals surface area (Å²) in [6, 6.07) is 7.86. The molecule has 1 aromatic carbocycles. The van der Waals surface area contributed by atoms with Crippen molar-refractivity contribution < 1.29 is 24.2 Å². The number of aromatic hydroxyl groups is 1. The lowest BCUT2D eigenvalue weighted by Gasteiger charge is -2.06. The van der Waals surface area contributed by atoms with Gasteiger partial charge in [-0.2, -0.15) is 5.26 Å². The molecule has 0 unspecified atom stereocenters. The van der Waals surface area contributed by atoms with Crippen LogP contribution in [0.1, 0.15) is 20.8 Å². The summed E-state index contributed by atoms with van der Waals surface area (Å²) in [7, 11) is 2.65. The molecule has 1 aromatic heterocycles. The number of phenolic OH excluding ortho intramolecular Hbond substituents is 1. The SMILES string of the molecule is COC(=O)c1cc(C)sc1NC(=O)C(C#N)=Cc1ccc(O)c(OC)c1. The first kappa shape index (κ1) is 19.0. The number of hydrogen-bond acceptors (Lipinski definition) is 7. The lowest BCUT2D eigenvalue weighted by atomic mass is 10.1. The Morgan fingerprint density at radius 1 is 1.31 bits per heavy atom. The Balaban J connectivity index is 2.30. The quantitative estimate of drug-likeness (QED) is 0.474. The van der Waals surface area contributed by atoms with Gasteiger partial charge >= 0.3 is 5.97 Å². The first-order valence-electron chi connectivity index (χ1n) is 7.38. The van der Waals surface area contributed by atoms with E-state index in [4.69, 9.17) is 9.47 Å². The number of nitriles is 1. The van der Waals surface area contributed by atoms with E-state index in [1.54, 1.807) is 13.0 Å². The van der Waals surface area contributed by atoms with Crippen molar-refractivity contribution in [3.05, 3.63) is 45.8 Å². The summed E-state index contributed by atoms with van der Waals surface area (Å²) >= 11 is 1.21. The van der Waals surface area contributed by atoms with E-state index in [0.29, 0.717) is 10.6 Å². The van der Waals surface area contributed by atoms with E-state index in [-0.39, 0.29) is 22.6 Å². The molecule has 2 rings (SSSR count). The molecule has 7 nitrogen and oxygen atoms in total. The molecule has 1 heterocycles. The van der Waals surface area contributed by atoms with Crippen molar-refractivity contribution >= 4 is 34.3 Å². The maximum absolute atomic E-state index is 12.4. The van der Waals surface area contributed by atoms with E-state index in [1.165, 1.54) is 49.8 Å². The maximum atomic E-state index is 12.4. The summed E-state index contributed by atoms with van der Waals surface area (Å²) in [6.07, 6.45) is 1.36. The predicted molar refractivity (Wildman–Crippen MR) is 97.3 cm³/mol. The average molecular weight is 372 g/mol. The van der Waals surface area contributed by atoms with Gasteiger partial charge in [0.15, 0.2) is 11.5 Å². The van der Waals surface area contributed by atoms with Gasteiger partial charge in [-0.15, -0.1) is 11.3 Å². The van der Waals surface area contributed by atoms with Gasteiger partial charge in [-0.3, -0.25) is 4.79 Å². The molecule has 0 aliphatic carbocycles. The fraction of sp³-hybridized carbons (Fsp3) is 0.167. The second-order valence-electron chi connectivity index (χ2n) is 5.15. The summed E-state index contributed by atoms with van der Waals surface area (Å²) in [5, 5.41) is 21.8. The minimum Gasteiger partial charge on any atom is -0.504 e. The highest BCUT2D eigenvalue weighted by atomic mass is 32.1. The number of hydrogen-bond donors (Lipinski definition) is 2. The number of phenols is 1. The number of thiophene rings is 1. The monoisotopic (exact) mass is 372 g/mol. The maximum Gasteiger partial charge on any atom is 0.340 e.